The average Bonchev–Trinajstić information content (AvgIpc) is 3.43. The molecule has 0 atom stereocenters. The second-order valence-electron chi connectivity index (χ2n) is 6.30. The number of anilines is 1. The molecule has 0 saturated heterocycles. The molecule has 1 saturated carbocycles. The molecule has 1 aromatic heterocycles. The number of nitrogens with zero attached hydrogens (tertiary/aromatic N) is 1. The number of rotatable bonds is 5. The van der Waals surface area contributed by atoms with Crippen molar-refractivity contribution in [1.82, 2.24) is 10.3 Å². The normalized spacial score (nSPS) is 13.6. The van der Waals surface area contributed by atoms with Crippen LogP contribution < -0.4 is 10.6 Å². The molecular formula is C20H18ClN3O. The van der Waals surface area contributed by atoms with Gasteiger partial charge in [-0.25, -0.2) is 4.98 Å². The van der Waals surface area contributed by atoms with Gasteiger partial charge in [0.2, 0.25) is 0 Å². The van der Waals surface area contributed by atoms with Crippen LogP contribution in [-0.4, -0.2) is 16.9 Å². The van der Waals surface area contributed by atoms with Gasteiger partial charge < -0.3 is 10.6 Å². The van der Waals surface area contributed by atoms with Crippen LogP contribution in [0.15, 0.2) is 54.6 Å². The maximum Gasteiger partial charge on any atom is 0.252 e. The molecule has 0 bridgehead atoms. The van der Waals surface area contributed by atoms with Gasteiger partial charge in [-0.15, -0.1) is 0 Å². The summed E-state index contributed by atoms with van der Waals surface area (Å²) in [6.45, 7) is 0.593. The van der Waals surface area contributed by atoms with E-state index in [1.54, 1.807) is 0 Å². The molecule has 2 aromatic carbocycles. The average molecular weight is 352 g/mol. The fraction of sp³-hybridized carbons (Fsp3) is 0.200. The third-order valence-electron chi connectivity index (χ3n) is 4.24. The Morgan fingerprint density at radius 1 is 1.12 bits per heavy atom. The first kappa shape index (κ1) is 15.9. The molecule has 4 rings (SSSR count). The lowest BCUT2D eigenvalue weighted by molar-refractivity contribution is 0.0952. The highest BCUT2D eigenvalue weighted by molar-refractivity contribution is 6.30. The van der Waals surface area contributed by atoms with Gasteiger partial charge in [0.1, 0.15) is 5.82 Å². The van der Waals surface area contributed by atoms with E-state index in [0.717, 1.165) is 29.3 Å². The third kappa shape index (κ3) is 3.74. The van der Waals surface area contributed by atoms with E-state index in [4.69, 9.17) is 11.6 Å². The third-order valence-corrected chi connectivity index (χ3v) is 4.47. The molecule has 3 aromatic rings. The van der Waals surface area contributed by atoms with Crippen molar-refractivity contribution in [3.63, 3.8) is 0 Å². The largest absolute Gasteiger partial charge is 0.366 e. The van der Waals surface area contributed by atoms with Crippen molar-refractivity contribution in [3.8, 4) is 0 Å². The van der Waals surface area contributed by atoms with Gasteiger partial charge in [-0.3, -0.25) is 4.79 Å². The number of carbonyl (C=O) groups excluding carboxylic acids is 1. The fourth-order valence-electron chi connectivity index (χ4n) is 2.78. The van der Waals surface area contributed by atoms with Gasteiger partial charge in [-0.1, -0.05) is 41.9 Å². The highest BCUT2D eigenvalue weighted by atomic mass is 35.5. The first-order valence-electron chi connectivity index (χ1n) is 8.38. The summed E-state index contributed by atoms with van der Waals surface area (Å²) in [7, 11) is 0. The number of nitrogens with one attached hydrogen (secondary N) is 2. The first-order valence-corrected chi connectivity index (χ1v) is 8.76. The zero-order valence-corrected chi connectivity index (χ0v) is 14.4. The van der Waals surface area contributed by atoms with Gasteiger partial charge in [0.15, 0.2) is 0 Å². The van der Waals surface area contributed by atoms with E-state index < -0.39 is 0 Å². The van der Waals surface area contributed by atoms with Crippen molar-refractivity contribution in [2.24, 2.45) is 0 Å². The predicted octanol–water partition coefficient (Wildman–Crippen LogP) is 4.39. The Morgan fingerprint density at radius 2 is 1.96 bits per heavy atom. The molecule has 4 nitrogen and oxygen atoms in total. The summed E-state index contributed by atoms with van der Waals surface area (Å²) in [6, 6.07) is 17.5. The number of para-hydroxylation sites is 1. The zero-order chi connectivity index (χ0) is 17.2. The highest BCUT2D eigenvalue weighted by Crippen LogP contribution is 2.24. The summed E-state index contributed by atoms with van der Waals surface area (Å²) < 4.78 is 0. The molecule has 126 valence electrons. The predicted molar refractivity (Wildman–Crippen MR) is 101 cm³/mol. The lowest BCUT2D eigenvalue weighted by Crippen LogP contribution is -2.25. The quantitative estimate of drug-likeness (QED) is 0.716. The number of pyridine rings is 1. The Hall–Kier alpha value is -2.59. The van der Waals surface area contributed by atoms with E-state index in [9.17, 15) is 4.79 Å². The molecule has 25 heavy (non-hydrogen) atoms. The summed E-state index contributed by atoms with van der Waals surface area (Å²) in [5, 5.41) is 7.93. The molecular weight excluding hydrogens is 334 g/mol. The van der Waals surface area contributed by atoms with Crippen LogP contribution in [0.2, 0.25) is 5.02 Å². The van der Waals surface area contributed by atoms with Crippen molar-refractivity contribution >= 4 is 34.2 Å². The van der Waals surface area contributed by atoms with Crippen LogP contribution in [0.25, 0.3) is 10.9 Å². The van der Waals surface area contributed by atoms with Crippen molar-refractivity contribution < 1.29 is 4.79 Å². The molecule has 1 fully saturated rings. The van der Waals surface area contributed by atoms with Gasteiger partial charge in [0.05, 0.1) is 11.1 Å². The van der Waals surface area contributed by atoms with Crippen molar-refractivity contribution in [2.75, 3.05) is 5.32 Å². The summed E-state index contributed by atoms with van der Waals surface area (Å²) >= 11 is 6.03. The zero-order valence-electron chi connectivity index (χ0n) is 13.6. The second kappa shape index (κ2) is 6.73. The van der Waals surface area contributed by atoms with Crippen LogP contribution in [0.1, 0.15) is 28.8 Å². The van der Waals surface area contributed by atoms with Crippen LogP contribution in [-0.2, 0) is 6.54 Å². The van der Waals surface area contributed by atoms with Crippen LogP contribution in [0, 0.1) is 0 Å². The van der Waals surface area contributed by atoms with Crippen molar-refractivity contribution in [3.05, 3.63) is 70.7 Å². The Balaban J connectivity index is 1.63. The Morgan fingerprint density at radius 3 is 2.76 bits per heavy atom. The van der Waals surface area contributed by atoms with Crippen LogP contribution in [0.5, 0.6) is 0 Å². The molecule has 1 heterocycles. The van der Waals surface area contributed by atoms with Crippen molar-refractivity contribution in [1.29, 1.82) is 0 Å². The number of halogens is 1. The Labute approximate surface area is 151 Å². The number of hydrogen-bond donors (Lipinski definition) is 2. The van der Waals surface area contributed by atoms with E-state index in [0.29, 0.717) is 29.0 Å². The second-order valence-corrected chi connectivity index (χ2v) is 6.74. The van der Waals surface area contributed by atoms with Crippen LogP contribution >= 0.6 is 11.6 Å². The van der Waals surface area contributed by atoms with E-state index in [1.807, 2.05) is 54.6 Å². The standard InChI is InChI=1S/C20H18ClN3O/c21-14-5-3-4-13(10-14)12-22-19-11-17(20(25)23-15-8-9-15)16-6-1-2-7-18(16)24-19/h1-7,10-11,15H,8-9,12H2,(H,22,24)(H,23,25). The molecule has 0 unspecified atom stereocenters. The number of amides is 1. The smallest absolute Gasteiger partial charge is 0.252 e. The van der Waals surface area contributed by atoms with Crippen LogP contribution in [0.4, 0.5) is 5.82 Å². The molecule has 0 radical (unpaired) electrons. The molecule has 1 aliphatic rings. The lowest BCUT2D eigenvalue weighted by Gasteiger charge is -2.11. The number of aromatic nitrogens is 1. The van der Waals surface area contributed by atoms with Gasteiger partial charge in [-0.05, 0) is 42.7 Å². The highest BCUT2D eigenvalue weighted by Gasteiger charge is 2.25. The van der Waals surface area contributed by atoms with E-state index in [-0.39, 0.29) is 5.91 Å². The minimum Gasteiger partial charge on any atom is -0.366 e. The molecule has 0 spiro atoms. The number of benzene rings is 2. The minimum atomic E-state index is -0.0353. The SMILES string of the molecule is O=C(NC1CC1)c1cc(NCc2cccc(Cl)c2)nc2ccccc12. The summed E-state index contributed by atoms with van der Waals surface area (Å²) in [6.07, 6.45) is 2.13. The number of fused-ring (bicyclic) bond motifs is 1. The Bertz CT molecular complexity index is 937. The first-order chi connectivity index (χ1) is 12.2. The topological polar surface area (TPSA) is 54.0 Å². The van der Waals surface area contributed by atoms with Gasteiger partial charge in [0.25, 0.3) is 5.91 Å². The summed E-state index contributed by atoms with van der Waals surface area (Å²) in [4.78, 5) is 17.2. The fourth-order valence-corrected chi connectivity index (χ4v) is 3.00. The molecule has 1 aliphatic carbocycles. The monoisotopic (exact) mass is 351 g/mol. The molecule has 2 N–H and O–H groups in total. The molecule has 5 heteroatoms. The van der Waals surface area contributed by atoms with E-state index >= 15 is 0 Å². The van der Waals surface area contributed by atoms with Gasteiger partial charge in [-0.2, -0.15) is 0 Å². The summed E-state index contributed by atoms with van der Waals surface area (Å²) in [5.74, 6) is 0.645. The number of hydrogen-bond acceptors (Lipinski definition) is 3. The van der Waals surface area contributed by atoms with E-state index in [1.165, 1.54) is 0 Å². The van der Waals surface area contributed by atoms with Gasteiger partial charge >= 0.3 is 0 Å². The summed E-state index contributed by atoms with van der Waals surface area (Å²) in [5.41, 5.74) is 2.53. The van der Waals surface area contributed by atoms with Gasteiger partial charge in [0, 0.05) is 23.0 Å². The van der Waals surface area contributed by atoms with E-state index in [2.05, 4.69) is 15.6 Å². The Kier molecular flexibility index (Phi) is 4.28. The maximum atomic E-state index is 12.6. The molecule has 1 amide bonds. The number of carbonyl (C=O) groups is 1. The van der Waals surface area contributed by atoms with Crippen molar-refractivity contribution in [2.45, 2.75) is 25.4 Å². The lowest BCUT2D eigenvalue weighted by atomic mass is 10.1. The van der Waals surface area contributed by atoms with Crippen LogP contribution in [0.3, 0.4) is 0 Å². The maximum absolute atomic E-state index is 12.6. The molecule has 0 aliphatic heterocycles. The minimum absolute atomic E-state index is 0.0353.